The van der Waals surface area contributed by atoms with Gasteiger partial charge in [-0.15, -0.1) is 0 Å². The van der Waals surface area contributed by atoms with E-state index in [0.29, 0.717) is 5.56 Å². The zero-order valence-corrected chi connectivity index (χ0v) is 10.2. The number of hydrogen-bond acceptors (Lipinski definition) is 6. The highest BCUT2D eigenvalue weighted by Gasteiger charge is 2.11. The second-order valence-corrected chi connectivity index (χ2v) is 3.71. The summed E-state index contributed by atoms with van der Waals surface area (Å²) in [6.45, 7) is 2.23. The van der Waals surface area contributed by atoms with E-state index in [0.717, 1.165) is 0 Å². The van der Waals surface area contributed by atoms with Crippen LogP contribution in [0.25, 0.3) is 0 Å². The molecule has 0 unspecified atom stereocenters. The summed E-state index contributed by atoms with van der Waals surface area (Å²) in [6, 6.07) is 3.77. The van der Waals surface area contributed by atoms with Crippen LogP contribution in [0.15, 0.2) is 18.2 Å². The minimum atomic E-state index is -0.644. The maximum atomic E-state index is 10.9. The summed E-state index contributed by atoms with van der Waals surface area (Å²) in [7, 11) is 0. The predicted molar refractivity (Wildman–Crippen MR) is 63.1 cm³/mol. The van der Waals surface area contributed by atoms with Crippen molar-refractivity contribution in [1.29, 1.82) is 0 Å². The lowest BCUT2D eigenvalue weighted by Gasteiger charge is -2.12. The number of aliphatic hydroxyl groups excluding tert-OH is 1. The van der Waals surface area contributed by atoms with Crippen LogP contribution < -0.4 is 15.2 Å². The summed E-state index contributed by atoms with van der Waals surface area (Å²) >= 11 is 0. The summed E-state index contributed by atoms with van der Waals surface area (Å²) < 4.78 is 9.81. The van der Waals surface area contributed by atoms with Gasteiger partial charge in [-0.25, -0.2) is 0 Å². The van der Waals surface area contributed by atoms with Gasteiger partial charge in [0.25, 0.3) is 0 Å². The average Bonchev–Trinajstić information content (AvgIpc) is 2.25. The van der Waals surface area contributed by atoms with E-state index in [4.69, 9.17) is 20.3 Å². The lowest BCUT2D eigenvalue weighted by Crippen LogP contribution is -2.15. The molecule has 1 aromatic carbocycles. The lowest BCUT2D eigenvalue weighted by molar-refractivity contribution is -0.132. The first-order chi connectivity index (χ1) is 8.42. The van der Waals surface area contributed by atoms with Crippen molar-refractivity contribution in [3.05, 3.63) is 23.8 Å². The number of aliphatic hydroxyl groups is 1. The third-order valence-electron chi connectivity index (χ3n) is 2.05. The van der Waals surface area contributed by atoms with Gasteiger partial charge in [-0.3, -0.25) is 9.59 Å². The largest absolute Gasteiger partial charge is 0.427 e. The molecule has 0 aliphatic rings. The van der Waals surface area contributed by atoms with Crippen molar-refractivity contribution in [2.24, 2.45) is 5.73 Å². The third kappa shape index (κ3) is 4.15. The molecule has 6 nitrogen and oxygen atoms in total. The molecular formula is C12H15NO5. The Morgan fingerprint density at radius 2 is 1.61 bits per heavy atom. The molecule has 0 saturated carbocycles. The highest BCUT2D eigenvalue weighted by atomic mass is 16.5. The molecule has 0 aliphatic carbocycles. The van der Waals surface area contributed by atoms with Crippen molar-refractivity contribution < 1.29 is 24.2 Å². The molecule has 1 aromatic rings. The van der Waals surface area contributed by atoms with E-state index in [1.807, 2.05) is 0 Å². The minimum absolute atomic E-state index is 0.208. The SMILES string of the molecule is CC(=O)Oc1cc(OC(C)=O)cc([C@@H](N)CO)c1. The maximum Gasteiger partial charge on any atom is 0.308 e. The smallest absolute Gasteiger partial charge is 0.308 e. The van der Waals surface area contributed by atoms with E-state index in [2.05, 4.69) is 0 Å². The zero-order chi connectivity index (χ0) is 13.7. The van der Waals surface area contributed by atoms with Crippen molar-refractivity contribution in [2.75, 3.05) is 6.61 Å². The number of benzene rings is 1. The second-order valence-electron chi connectivity index (χ2n) is 3.71. The molecule has 3 N–H and O–H groups in total. The fraction of sp³-hybridized carbons (Fsp3) is 0.333. The predicted octanol–water partition coefficient (Wildman–Crippen LogP) is 0.529. The van der Waals surface area contributed by atoms with Crippen LogP contribution >= 0.6 is 0 Å². The van der Waals surface area contributed by atoms with Gasteiger partial charge >= 0.3 is 11.9 Å². The van der Waals surface area contributed by atoms with Crippen molar-refractivity contribution in [3.8, 4) is 11.5 Å². The van der Waals surface area contributed by atoms with Gasteiger partial charge in [0.2, 0.25) is 0 Å². The van der Waals surface area contributed by atoms with E-state index >= 15 is 0 Å². The van der Waals surface area contributed by atoms with Crippen molar-refractivity contribution in [3.63, 3.8) is 0 Å². The number of esters is 2. The van der Waals surface area contributed by atoms with Gasteiger partial charge in [0, 0.05) is 19.9 Å². The number of carbonyl (C=O) groups is 2. The first kappa shape index (κ1) is 14.1. The Morgan fingerprint density at radius 3 is 1.94 bits per heavy atom. The van der Waals surface area contributed by atoms with Gasteiger partial charge in [0.1, 0.15) is 11.5 Å². The van der Waals surface area contributed by atoms with Gasteiger partial charge < -0.3 is 20.3 Å². The van der Waals surface area contributed by atoms with Crippen LogP contribution in [0.4, 0.5) is 0 Å². The molecule has 0 amide bonds. The molecule has 0 saturated heterocycles. The molecule has 98 valence electrons. The highest BCUT2D eigenvalue weighted by Crippen LogP contribution is 2.26. The summed E-state index contributed by atoms with van der Waals surface area (Å²) in [5.74, 6) is -0.586. The summed E-state index contributed by atoms with van der Waals surface area (Å²) in [5.41, 5.74) is 6.17. The standard InChI is InChI=1S/C12H15NO5/c1-7(15)17-10-3-9(12(13)6-14)4-11(5-10)18-8(2)16/h3-5,12,14H,6,13H2,1-2H3/t12-/m0/s1. The van der Waals surface area contributed by atoms with E-state index in [-0.39, 0.29) is 18.1 Å². The molecule has 0 bridgehead atoms. The van der Waals surface area contributed by atoms with E-state index < -0.39 is 18.0 Å². The maximum absolute atomic E-state index is 10.9. The van der Waals surface area contributed by atoms with Gasteiger partial charge in [-0.1, -0.05) is 0 Å². The topological polar surface area (TPSA) is 98.9 Å². The van der Waals surface area contributed by atoms with Crippen LogP contribution in [0.2, 0.25) is 0 Å². The van der Waals surface area contributed by atoms with Crippen LogP contribution in [0, 0.1) is 0 Å². The number of carbonyl (C=O) groups excluding carboxylic acids is 2. The fourth-order valence-electron chi connectivity index (χ4n) is 1.36. The fourth-order valence-corrected chi connectivity index (χ4v) is 1.36. The minimum Gasteiger partial charge on any atom is -0.427 e. The zero-order valence-electron chi connectivity index (χ0n) is 10.2. The highest BCUT2D eigenvalue weighted by molar-refractivity contribution is 5.71. The molecule has 0 aliphatic heterocycles. The van der Waals surface area contributed by atoms with E-state index in [1.54, 1.807) is 0 Å². The average molecular weight is 253 g/mol. The molecule has 0 aromatic heterocycles. The Morgan fingerprint density at radius 1 is 1.17 bits per heavy atom. The Bertz CT molecular complexity index is 424. The molecule has 6 heteroatoms. The Hall–Kier alpha value is -1.92. The molecule has 18 heavy (non-hydrogen) atoms. The molecule has 0 fully saturated rings. The monoisotopic (exact) mass is 253 g/mol. The van der Waals surface area contributed by atoms with Gasteiger partial charge in [-0.2, -0.15) is 0 Å². The van der Waals surface area contributed by atoms with Crippen LogP contribution in [0.5, 0.6) is 11.5 Å². The van der Waals surface area contributed by atoms with E-state index in [1.165, 1.54) is 32.0 Å². The first-order valence-electron chi connectivity index (χ1n) is 5.30. The Kier molecular flexibility index (Phi) is 4.82. The van der Waals surface area contributed by atoms with Crippen molar-refractivity contribution in [2.45, 2.75) is 19.9 Å². The first-order valence-corrected chi connectivity index (χ1v) is 5.30. The van der Waals surface area contributed by atoms with Crippen LogP contribution in [-0.4, -0.2) is 23.7 Å². The molecule has 0 heterocycles. The Balaban J connectivity index is 3.10. The number of nitrogens with two attached hydrogens (primary N) is 1. The van der Waals surface area contributed by atoms with Gasteiger partial charge in [0.05, 0.1) is 12.6 Å². The number of ether oxygens (including phenoxy) is 2. The molecule has 1 rings (SSSR count). The molecule has 0 radical (unpaired) electrons. The lowest BCUT2D eigenvalue weighted by atomic mass is 10.1. The van der Waals surface area contributed by atoms with Crippen LogP contribution in [-0.2, 0) is 9.59 Å². The van der Waals surface area contributed by atoms with Crippen molar-refractivity contribution in [1.82, 2.24) is 0 Å². The summed E-state index contributed by atoms with van der Waals surface area (Å²) in [5, 5.41) is 8.99. The summed E-state index contributed by atoms with van der Waals surface area (Å²) in [4.78, 5) is 21.8. The third-order valence-corrected chi connectivity index (χ3v) is 2.05. The molecular weight excluding hydrogens is 238 g/mol. The van der Waals surface area contributed by atoms with Crippen molar-refractivity contribution >= 4 is 11.9 Å². The van der Waals surface area contributed by atoms with Gasteiger partial charge in [0.15, 0.2) is 0 Å². The quantitative estimate of drug-likeness (QED) is 0.600. The summed E-state index contributed by atoms with van der Waals surface area (Å²) in [6.07, 6.45) is 0. The second kappa shape index (κ2) is 6.13. The normalized spacial score (nSPS) is 11.8. The molecule has 1 atom stereocenters. The number of rotatable bonds is 4. The van der Waals surface area contributed by atoms with E-state index in [9.17, 15) is 9.59 Å². The molecule has 0 spiro atoms. The Labute approximate surface area is 104 Å². The van der Waals surface area contributed by atoms with Gasteiger partial charge in [-0.05, 0) is 17.7 Å². The van der Waals surface area contributed by atoms with Crippen LogP contribution in [0.1, 0.15) is 25.5 Å². The van der Waals surface area contributed by atoms with Crippen LogP contribution in [0.3, 0.4) is 0 Å². The number of hydrogen-bond donors (Lipinski definition) is 2.